The van der Waals surface area contributed by atoms with Crippen molar-refractivity contribution in [3.05, 3.63) is 0 Å². The Morgan fingerprint density at radius 1 is 1.50 bits per heavy atom. The van der Waals surface area contributed by atoms with Gasteiger partial charge in [0.05, 0.1) is 6.04 Å². The van der Waals surface area contributed by atoms with E-state index < -0.39 is 18.0 Å². The molecule has 1 saturated heterocycles. The normalized spacial score (nSPS) is 26.1. The van der Waals surface area contributed by atoms with Crippen LogP contribution in [-0.2, 0) is 4.79 Å². The Morgan fingerprint density at radius 2 is 2.14 bits per heavy atom. The van der Waals surface area contributed by atoms with E-state index in [1.807, 2.05) is 19.0 Å². The van der Waals surface area contributed by atoms with E-state index in [9.17, 15) is 9.59 Å². The molecule has 0 aromatic rings. The Bertz CT molecular complexity index is 242. The second-order valence-electron chi connectivity index (χ2n) is 3.63. The van der Waals surface area contributed by atoms with Crippen LogP contribution in [0.1, 0.15) is 6.42 Å². The van der Waals surface area contributed by atoms with Crippen molar-refractivity contribution >= 4 is 12.0 Å². The molecule has 14 heavy (non-hydrogen) atoms. The summed E-state index contributed by atoms with van der Waals surface area (Å²) in [5, 5.41) is 13.7. The molecule has 0 aromatic heterocycles. The predicted octanol–water partition coefficient (Wildman–Crippen LogP) is -0.927. The first-order valence-electron chi connectivity index (χ1n) is 4.45. The van der Waals surface area contributed by atoms with Crippen LogP contribution in [0.4, 0.5) is 4.79 Å². The lowest BCUT2D eigenvalue weighted by Crippen LogP contribution is -2.41. The predicted molar refractivity (Wildman–Crippen MR) is 50.1 cm³/mol. The van der Waals surface area contributed by atoms with Gasteiger partial charge in [-0.2, -0.15) is 0 Å². The third-order valence-corrected chi connectivity index (χ3v) is 2.16. The van der Waals surface area contributed by atoms with Crippen molar-refractivity contribution in [3.63, 3.8) is 0 Å². The van der Waals surface area contributed by atoms with Gasteiger partial charge in [-0.05, 0) is 27.1 Å². The van der Waals surface area contributed by atoms with Gasteiger partial charge in [-0.3, -0.25) is 0 Å². The van der Waals surface area contributed by atoms with Crippen molar-refractivity contribution in [1.29, 1.82) is 0 Å². The molecule has 0 bridgehead atoms. The average Bonchev–Trinajstić information content (AvgIpc) is 2.43. The third-order valence-electron chi connectivity index (χ3n) is 2.16. The molecule has 1 fully saturated rings. The highest BCUT2D eigenvalue weighted by Gasteiger charge is 2.36. The van der Waals surface area contributed by atoms with Gasteiger partial charge >= 0.3 is 12.0 Å². The second kappa shape index (κ2) is 4.28. The van der Waals surface area contributed by atoms with E-state index in [2.05, 4.69) is 10.6 Å². The maximum atomic E-state index is 10.9. The number of aliphatic carboxylic acids is 1. The molecule has 0 spiro atoms. The fraction of sp³-hybridized carbons (Fsp3) is 0.750. The summed E-state index contributed by atoms with van der Waals surface area (Å²) < 4.78 is 0. The van der Waals surface area contributed by atoms with E-state index in [0.29, 0.717) is 6.42 Å². The number of nitrogens with one attached hydrogen (secondary N) is 2. The number of carbonyl (C=O) groups is 2. The highest BCUT2D eigenvalue weighted by Crippen LogP contribution is 2.06. The Labute approximate surface area is 82.3 Å². The SMILES string of the molecule is CN(C)CCC1NC(=O)NC1C(=O)O. The molecule has 6 heteroatoms. The molecule has 0 radical (unpaired) electrons. The number of hydrogen-bond donors (Lipinski definition) is 3. The van der Waals surface area contributed by atoms with Crippen LogP contribution in [0.2, 0.25) is 0 Å². The minimum absolute atomic E-state index is 0.317. The topological polar surface area (TPSA) is 81.7 Å². The number of carbonyl (C=O) groups excluding carboxylic acids is 1. The van der Waals surface area contributed by atoms with Gasteiger partial charge in [-0.1, -0.05) is 0 Å². The first-order valence-corrected chi connectivity index (χ1v) is 4.45. The minimum atomic E-state index is -0.993. The molecular weight excluding hydrogens is 186 g/mol. The number of urea groups is 1. The van der Waals surface area contributed by atoms with Gasteiger partial charge in [0.15, 0.2) is 0 Å². The molecule has 1 rings (SSSR count). The summed E-state index contributed by atoms with van der Waals surface area (Å²) in [5.41, 5.74) is 0. The lowest BCUT2D eigenvalue weighted by atomic mass is 10.1. The number of carboxylic acids is 1. The number of nitrogens with zero attached hydrogens (tertiary/aromatic N) is 1. The van der Waals surface area contributed by atoms with Crippen LogP contribution < -0.4 is 10.6 Å². The van der Waals surface area contributed by atoms with Crippen LogP contribution in [0.25, 0.3) is 0 Å². The minimum Gasteiger partial charge on any atom is -0.480 e. The lowest BCUT2D eigenvalue weighted by Gasteiger charge is -2.16. The van der Waals surface area contributed by atoms with Gasteiger partial charge in [-0.25, -0.2) is 9.59 Å². The third kappa shape index (κ3) is 2.59. The van der Waals surface area contributed by atoms with Crippen molar-refractivity contribution in [2.24, 2.45) is 0 Å². The van der Waals surface area contributed by atoms with Gasteiger partial charge in [0, 0.05) is 0 Å². The molecule has 2 atom stereocenters. The number of amides is 2. The smallest absolute Gasteiger partial charge is 0.328 e. The van der Waals surface area contributed by atoms with Crippen molar-refractivity contribution < 1.29 is 14.7 Å². The van der Waals surface area contributed by atoms with E-state index >= 15 is 0 Å². The summed E-state index contributed by atoms with van der Waals surface area (Å²) in [6, 6.07) is -1.52. The Morgan fingerprint density at radius 3 is 2.64 bits per heavy atom. The van der Waals surface area contributed by atoms with Crippen molar-refractivity contribution in [2.45, 2.75) is 18.5 Å². The van der Waals surface area contributed by atoms with Gasteiger partial charge in [0.25, 0.3) is 0 Å². The summed E-state index contributed by atoms with van der Waals surface area (Å²) >= 11 is 0. The Hall–Kier alpha value is -1.30. The fourth-order valence-electron chi connectivity index (χ4n) is 1.41. The summed E-state index contributed by atoms with van der Waals surface area (Å²) in [6.07, 6.45) is 0.628. The molecule has 2 amide bonds. The van der Waals surface area contributed by atoms with Crippen LogP contribution in [0.15, 0.2) is 0 Å². The fourth-order valence-corrected chi connectivity index (χ4v) is 1.41. The van der Waals surface area contributed by atoms with E-state index in [1.165, 1.54) is 0 Å². The molecule has 1 aliphatic rings. The van der Waals surface area contributed by atoms with E-state index in [-0.39, 0.29) is 6.04 Å². The number of rotatable bonds is 4. The number of carboxylic acid groups (broad SMARTS) is 1. The largest absolute Gasteiger partial charge is 0.480 e. The zero-order valence-electron chi connectivity index (χ0n) is 8.28. The zero-order chi connectivity index (χ0) is 10.7. The molecular formula is C8H15N3O3. The average molecular weight is 201 g/mol. The highest BCUT2D eigenvalue weighted by molar-refractivity contribution is 5.87. The molecule has 0 aromatic carbocycles. The Balaban J connectivity index is 2.49. The van der Waals surface area contributed by atoms with Crippen LogP contribution in [0.5, 0.6) is 0 Å². The highest BCUT2D eigenvalue weighted by atomic mass is 16.4. The van der Waals surface area contributed by atoms with Crippen LogP contribution in [-0.4, -0.2) is 54.7 Å². The van der Waals surface area contributed by atoms with Gasteiger partial charge in [0.2, 0.25) is 0 Å². The summed E-state index contributed by atoms with van der Waals surface area (Å²) in [5.74, 6) is -0.993. The molecule has 0 saturated carbocycles. The van der Waals surface area contributed by atoms with Gasteiger partial charge in [-0.15, -0.1) is 0 Å². The molecule has 3 N–H and O–H groups in total. The van der Waals surface area contributed by atoms with Gasteiger partial charge < -0.3 is 20.6 Å². The van der Waals surface area contributed by atoms with Crippen LogP contribution in [0.3, 0.4) is 0 Å². The molecule has 1 heterocycles. The van der Waals surface area contributed by atoms with Crippen LogP contribution in [0, 0.1) is 0 Å². The summed E-state index contributed by atoms with van der Waals surface area (Å²) in [7, 11) is 3.81. The van der Waals surface area contributed by atoms with Gasteiger partial charge in [0.1, 0.15) is 6.04 Å². The van der Waals surface area contributed by atoms with Crippen molar-refractivity contribution in [2.75, 3.05) is 20.6 Å². The monoisotopic (exact) mass is 201 g/mol. The molecule has 0 aliphatic carbocycles. The van der Waals surface area contributed by atoms with Crippen molar-refractivity contribution in [3.8, 4) is 0 Å². The first-order chi connectivity index (χ1) is 6.50. The lowest BCUT2D eigenvalue weighted by molar-refractivity contribution is -0.139. The summed E-state index contributed by atoms with van der Waals surface area (Å²) in [4.78, 5) is 23.6. The summed E-state index contributed by atoms with van der Waals surface area (Å²) in [6.45, 7) is 0.746. The van der Waals surface area contributed by atoms with E-state index in [1.54, 1.807) is 0 Å². The van der Waals surface area contributed by atoms with Crippen molar-refractivity contribution in [1.82, 2.24) is 15.5 Å². The first kappa shape index (κ1) is 10.8. The molecule has 1 aliphatic heterocycles. The molecule has 6 nitrogen and oxygen atoms in total. The van der Waals surface area contributed by atoms with Crippen LogP contribution >= 0.6 is 0 Å². The quantitative estimate of drug-likeness (QED) is 0.549. The molecule has 2 unspecified atom stereocenters. The van der Waals surface area contributed by atoms with E-state index in [4.69, 9.17) is 5.11 Å². The van der Waals surface area contributed by atoms with E-state index in [0.717, 1.165) is 6.54 Å². The maximum absolute atomic E-state index is 10.9. The molecule has 80 valence electrons. The Kier molecular flexibility index (Phi) is 3.29. The second-order valence-corrected chi connectivity index (χ2v) is 3.63. The number of hydrogen-bond acceptors (Lipinski definition) is 3. The maximum Gasteiger partial charge on any atom is 0.328 e. The zero-order valence-corrected chi connectivity index (χ0v) is 8.28. The standard InChI is InChI=1S/C8H15N3O3/c1-11(2)4-3-5-6(7(12)13)10-8(14)9-5/h5-6H,3-4H2,1-2H3,(H,12,13)(H2,9,10,14).